The third-order valence-corrected chi connectivity index (χ3v) is 1.53. The van der Waals surface area contributed by atoms with Crippen LogP contribution in [0.5, 0.6) is 0 Å². The Morgan fingerprint density at radius 1 is 1.22 bits per heavy atom. The molecule has 0 rings (SSSR count). The van der Waals surface area contributed by atoms with Gasteiger partial charge in [0.25, 0.3) is 0 Å². The van der Waals surface area contributed by atoms with Crippen LogP contribution in [-0.4, -0.2) is 17.7 Å². The van der Waals surface area contributed by atoms with Gasteiger partial charge in [0.15, 0.2) is 0 Å². The third-order valence-electron chi connectivity index (χ3n) is 1.53. The van der Waals surface area contributed by atoms with E-state index in [1.165, 1.54) is 25.7 Å². The van der Waals surface area contributed by atoms with Gasteiger partial charge in [-0.15, -0.1) is 0 Å². The Labute approximate surface area is 68.6 Å². The fourth-order valence-electron chi connectivity index (χ4n) is 0.905. The summed E-state index contributed by atoms with van der Waals surface area (Å²) in [7, 11) is 0. The van der Waals surface area contributed by atoms with Crippen LogP contribution < -0.4 is 0 Å². The molecule has 50 valence electrons. The summed E-state index contributed by atoms with van der Waals surface area (Å²) in [6.45, 7) is 6.87. The maximum atomic E-state index is 2.31. The molecule has 0 aliphatic heterocycles. The Bertz CT molecular complexity index is 61.5. The van der Waals surface area contributed by atoms with Gasteiger partial charge < -0.3 is 0 Å². The van der Waals surface area contributed by atoms with E-state index in [1.54, 1.807) is 0 Å². The van der Waals surface area contributed by atoms with E-state index >= 15 is 0 Å². The second kappa shape index (κ2) is 4.42. The minimum atomic E-state index is 0.551. The molecule has 0 spiro atoms. The fraction of sp³-hybridized carbons (Fsp3) is 1.00. The van der Waals surface area contributed by atoms with Crippen LogP contribution in [0.15, 0.2) is 0 Å². The summed E-state index contributed by atoms with van der Waals surface area (Å²) in [5, 5.41) is 0. The maximum absolute atomic E-state index is 2.31. The van der Waals surface area contributed by atoms with Crippen molar-refractivity contribution in [1.82, 2.24) is 0 Å². The van der Waals surface area contributed by atoms with Gasteiger partial charge in [-0.25, -0.2) is 0 Å². The molecule has 0 aromatic heterocycles. The van der Waals surface area contributed by atoms with Gasteiger partial charge in [0.1, 0.15) is 0 Å². The summed E-state index contributed by atoms with van der Waals surface area (Å²) in [5.74, 6) is 0. The summed E-state index contributed by atoms with van der Waals surface area (Å²) < 4.78 is 0.551. The number of rotatable bonds is 4. The van der Waals surface area contributed by atoms with E-state index in [4.69, 9.17) is 0 Å². The number of hydrogen-bond acceptors (Lipinski definition) is 0. The zero-order chi connectivity index (χ0) is 7.33. The normalized spacial score (nSPS) is 12.1. The molecule has 0 aromatic carbocycles. The van der Waals surface area contributed by atoms with Crippen LogP contribution in [0.1, 0.15) is 46.5 Å². The molecule has 0 radical (unpaired) electrons. The Morgan fingerprint density at radius 2 is 1.78 bits per heavy atom. The van der Waals surface area contributed by atoms with Crippen LogP contribution in [-0.2, 0) is 0 Å². The van der Waals surface area contributed by atoms with Gasteiger partial charge in [-0.3, -0.25) is 0 Å². The van der Waals surface area contributed by atoms with Crippen molar-refractivity contribution in [2.75, 3.05) is 0 Å². The predicted octanol–water partition coefficient (Wildman–Crippen LogP) is 2.93. The van der Waals surface area contributed by atoms with E-state index in [-0.39, 0.29) is 0 Å². The van der Waals surface area contributed by atoms with Crippen molar-refractivity contribution in [1.29, 1.82) is 0 Å². The Morgan fingerprint density at radius 3 is 2.11 bits per heavy atom. The topological polar surface area (TPSA) is 0 Å². The molecule has 0 saturated heterocycles. The Hall–Kier alpha value is 0.597. The molecule has 0 aromatic rings. The van der Waals surface area contributed by atoms with Gasteiger partial charge in [0.2, 0.25) is 0 Å². The fourth-order valence-corrected chi connectivity index (χ4v) is 0.905. The molecule has 0 aliphatic carbocycles. The molecular formula is C8H17Li. The molecule has 1 heteroatoms. The van der Waals surface area contributed by atoms with Crippen LogP contribution >= 0.6 is 0 Å². The van der Waals surface area contributed by atoms with Crippen molar-refractivity contribution in [3.8, 4) is 0 Å². The first kappa shape index (κ1) is 9.60. The predicted molar refractivity (Wildman–Crippen MR) is 43.9 cm³/mol. The zero-order valence-electron chi connectivity index (χ0n) is 7.33. The van der Waals surface area contributed by atoms with Crippen molar-refractivity contribution in [2.24, 2.45) is 0 Å². The first-order chi connectivity index (χ1) is 4.06. The summed E-state index contributed by atoms with van der Waals surface area (Å²) in [6, 6.07) is 0. The van der Waals surface area contributed by atoms with Gasteiger partial charge in [0.05, 0.1) is 0 Å². The van der Waals surface area contributed by atoms with Gasteiger partial charge >= 0.3 is 68.3 Å². The molecule has 0 aliphatic rings. The van der Waals surface area contributed by atoms with Gasteiger partial charge in [-0.05, 0) is 0 Å². The van der Waals surface area contributed by atoms with Gasteiger partial charge in [-0.2, -0.15) is 0 Å². The van der Waals surface area contributed by atoms with Gasteiger partial charge in [-0.1, -0.05) is 0 Å². The van der Waals surface area contributed by atoms with Crippen molar-refractivity contribution in [2.45, 2.75) is 50.5 Å². The summed E-state index contributed by atoms with van der Waals surface area (Å²) >= 11 is 2.31. The molecule has 0 saturated carbocycles. The van der Waals surface area contributed by atoms with Crippen molar-refractivity contribution in [3.63, 3.8) is 0 Å². The average molecular weight is 120 g/mol. The molecule has 0 atom stereocenters. The molecule has 0 unspecified atom stereocenters. The van der Waals surface area contributed by atoms with E-state index in [0.717, 1.165) is 0 Å². The van der Waals surface area contributed by atoms with Crippen molar-refractivity contribution in [3.05, 3.63) is 0 Å². The molecule has 0 nitrogen and oxygen atoms in total. The van der Waals surface area contributed by atoms with Crippen molar-refractivity contribution < 1.29 is 0 Å². The third kappa shape index (κ3) is 8.60. The van der Waals surface area contributed by atoms with Gasteiger partial charge in [0, 0.05) is 0 Å². The quantitative estimate of drug-likeness (QED) is 0.395. The average Bonchev–Trinajstić information content (AvgIpc) is 1.63. The molecular weight excluding hydrogens is 103 g/mol. The summed E-state index contributed by atoms with van der Waals surface area (Å²) in [5.41, 5.74) is 0. The molecule has 0 amide bonds. The molecule has 0 fully saturated rings. The molecule has 0 heterocycles. The molecule has 0 bridgehead atoms. The zero-order valence-corrected chi connectivity index (χ0v) is 7.33. The Balaban J connectivity index is 3.07. The van der Waals surface area contributed by atoms with E-state index in [0.29, 0.717) is 4.09 Å². The van der Waals surface area contributed by atoms with E-state index in [9.17, 15) is 0 Å². The van der Waals surface area contributed by atoms with Crippen molar-refractivity contribution >= 4 is 17.7 Å². The second-order valence-corrected chi connectivity index (χ2v) is 4.02. The minimum absolute atomic E-state index is 0.551. The molecule has 0 N–H and O–H groups in total. The number of hydrogen-bond donors (Lipinski definition) is 0. The van der Waals surface area contributed by atoms with E-state index in [1.807, 2.05) is 0 Å². The van der Waals surface area contributed by atoms with Crippen LogP contribution in [0, 0.1) is 0 Å². The van der Waals surface area contributed by atoms with E-state index in [2.05, 4.69) is 38.5 Å². The van der Waals surface area contributed by atoms with Crippen LogP contribution in [0.25, 0.3) is 0 Å². The summed E-state index contributed by atoms with van der Waals surface area (Å²) in [4.78, 5) is 0. The molecule has 9 heavy (non-hydrogen) atoms. The van der Waals surface area contributed by atoms with Crippen LogP contribution in [0.2, 0.25) is 4.09 Å². The number of unbranched alkanes of at least 4 members (excludes halogenated alkanes) is 2. The monoisotopic (exact) mass is 120 g/mol. The first-order valence-corrected chi connectivity index (χ1v) is 4.06. The van der Waals surface area contributed by atoms with E-state index < -0.39 is 0 Å². The SMILES string of the molecule is [Li][C](C)(C)CCCCC. The summed E-state index contributed by atoms with van der Waals surface area (Å²) in [6.07, 6.45) is 5.52. The standard InChI is InChI=1S/C8H17.Li/c1-4-5-6-7-8(2)3;/h4-7H2,1-3H3;. The van der Waals surface area contributed by atoms with Crippen LogP contribution in [0.3, 0.4) is 0 Å². The van der Waals surface area contributed by atoms with Crippen LogP contribution in [0.4, 0.5) is 0 Å². The Kier molecular flexibility index (Phi) is 4.71. The first-order valence-electron chi connectivity index (χ1n) is 4.06. The second-order valence-electron chi connectivity index (χ2n) is 4.02.